The maximum atomic E-state index is 12.7. The van der Waals surface area contributed by atoms with Crippen molar-refractivity contribution in [3.8, 4) is 0 Å². The van der Waals surface area contributed by atoms with Crippen LogP contribution in [0.15, 0.2) is 11.6 Å². The van der Waals surface area contributed by atoms with Gasteiger partial charge >= 0.3 is 11.9 Å². The molecule has 0 aromatic carbocycles. The molecule has 6 nitrogen and oxygen atoms in total. The Morgan fingerprint density at radius 1 is 1.03 bits per heavy atom. The Morgan fingerprint density at radius 3 is 2.32 bits per heavy atom. The second-order valence-electron chi connectivity index (χ2n) is 13.0. The maximum Gasteiger partial charge on any atom is 0.320 e. The largest absolute Gasteiger partial charge is 0.465 e. The maximum absolute atomic E-state index is 12.7. The minimum Gasteiger partial charge on any atom is -0.465 e. The molecule has 9 atom stereocenters. The van der Waals surface area contributed by atoms with Crippen molar-refractivity contribution in [2.75, 3.05) is 13.2 Å². The third-order valence-electron chi connectivity index (χ3n) is 11.5. The van der Waals surface area contributed by atoms with Crippen LogP contribution >= 0.6 is 0 Å². The molecule has 206 valence electrons. The Hall–Kier alpha value is -1.69. The summed E-state index contributed by atoms with van der Waals surface area (Å²) in [5.74, 6) is 0.784. The topological polar surface area (TPSA) is 82.2 Å². The molecule has 37 heavy (non-hydrogen) atoms. The molecule has 0 bridgehead atoms. The van der Waals surface area contributed by atoms with Gasteiger partial charge < -0.3 is 14.2 Å². The SMILES string of the molecule is CCOC(=O)C(C[C@@H](C)[C@H]1CC[C@H]2C3[C@H](CCC12C)C1(C)CCC(=O)C=C1[C@@]1(CC)O[C@@H]31)C(=O)OCC. The van der Waals surface area contributed by atoms with Gasteiger partial charge in [0, 0.05) is 6.42 Å². The molecule has 4 aliphatic carbocycles. The van der Waals surface area contributed by atoms with E-state index >= 15 is 0 Å². The third-order valence-corrected chi connectivity index (χ3v) is 11.5. The van der Waals surface area contributed by atoms with Gasteiger partial charge in [0.05, 0.1) is 19.3 Å². The molecule has 0 N–H and O–H groups in total. The monoisotopic (exact) mass is 514 g/mol. The van der Waals surface area contributed by atoms with Crippen molar-refractivity contribution in [3.63, 3.8) is 0 Å². The lowest BCUT2D eigenvalue weighted by molar-refractivity contribution is -0.163. The molecule has 5 rings (SSSR count). The van der Waals surface area contributed by atoms with Crippen LogP contribution in [0.4, 0.5) is 0 Å². The highest BCUT2D eigenvalue weighted by molar-refractivity contribution is 5.95. The van der Waals surface area contributed by atoms with Crippen molar-refractivity contribution >= 4 is 17.7 Å². The number of hydrogen-bond donors (Lipinski definition) is 0. The Balaban J connectivity index is 1.40. The van der Waals surface area contributed by atoms with E-state index in [0.29, 0.717) is 36.5 Å². The molecule has 5 aliphatic rings. The summed E-state index contributed by atoms with van der Waals surface area (Å²) >= 11 is 0. The normalized spacial score (nSPS) is 42.6. The zero-order valence-corrected chi connectivity index (χ0v) is 23.6. The van der Waals surface area contributed by atoms with Crippen molar-refractivity contribution < 1.29 is 28.6 Å². The van der Waals surface area contributed by atoms with E-state index in [2.05, 4.69) is 27.7 Å². The van der Waals surface area contributed by atoms with Gasteiger partial charge in [-0.1, -0.05) is 27.7 Å². The van der Waals surface area contributed by atoms with Gasteiger partial charge in [0.15, 0.2) is 11.7 Å². The Bertz CT molecular complexity index is 968. The van der Waals surface area contributed by atoms with Gasteiger partial charge in [-0.2, -0.15) is 0 Å². The second-order valence-corrected chi connectivity index (χ2v) is 13.0. The van der Waals surface area contributed by atoms with Crippen LogP contribution < -0.4 is 0 Å². The summed E-state index contributed by atoms with van der Waals surface area (Å²) in [5, 5.41) is 0. The highest BCUT2D eigenvalue weighted by atomic mass is 16.6. The van der Waals surface area contributed by atoms with Crippen molar-refractivity contribution in [1.29, 1.82) is 0 Å². The standard InChI is InChI=1S/C31H46O6/c1-7-31-24-17-19(32)12-14-30(24,6)23-13-15-29(5)21(10-11-22(29)25(23)26(31)37-31)18(4)16-20(27(33)35-8-2)28(34)36-9-3/h17-18,20-23,25-26H,7-16H2,1-6H3/t18-,21-,22+,23+,25?,26+,29?,30?,31-/m1/s1. The van der Waals surface area contributed by atoms with Crippen molar-refractivity contribution in [3.05, 3.63) is 11.6 Å². The van der Waals surface area contributed by atoms with E-state index in [1.807, 2.05) is 6.08 Å². The summed E-state index contributed by atoms with van der Waals surface area (Å²) in [7, 11) is 0. The summed E-state index contributed by atoms with van der Waals surface area (Å²) < 4.78 is 17.2. The van der Waals surface area contributed by atoms with Crippen LogP contribution in [-0.4, -0.2) is 42.6 Å². The summed E-state index contributed by atoms with van der Waals surface area (Å²) in [6.45, 7) is 13.4. The van der Waals surface area contributed by atoms with E-state index in [0.717, 1.165) is 32.1 Å². The number of carbonyl (C=O) groups excluding carboxylic acids is 3. The molecule has 1 saturated heterocycles. The van der Waals surface area contributed by atoms with E-state index in [-0.39, 0.29) is 47.4 Å². The van der Waals surface area contributed by atoms with Crippen molar-refractivity contribution in [2.24, 2.45) is 46.3 Å². The van der Waals surface area contributed by atoms with Gasteiger partial charge in [-0.15, -0.1) is 0 Å². The van der Waals surface area contributed by atoms with Crippen molar-refractivity contribution in [2.45, 2.75) is 105 Å². The Kier molecular flexibility index (Phi) is 6.90. The molecule has 0 spiro atoms. The molecule has 1 heterocycles. The number of epoxide rings is 1. The number of fused-ring (bicyclic) bond motifs is 8. The zero-order chi connectivity index (χ0) is 26.8. The fourth-order valence-electron chi connectivity index (χ4n) is 9.83. The highest BCUT2D eigenvalue weighted by Crippen LogP contribution is 2.74. The minimum absolute atomic E-state index is 0.0472. The van der Waals surface area contributed by atoms with E-state index < -0.39 is 17.9 Å². The molecular weight excluding hydrogens is 468 g/mol. The molecule has 3 saturated carbocycles. The fraction of sp³-hybridized carbons (Fsp3) is 0.839. The zero-order valence-electron chi connectivity index (χ0n) is 23.6. The van der Waals surface area contributed by atoms with Gasteiger partial charge in [-0.05, 0) is 111 Å². The lowest BCUT2D eigenvalue weighted by Gasteiger charge is -2.58. The first-order chi connectivity index (χ1) is 17.6. The lowest BCUT2D eigenvalue weighted by Crippen LogP contribution is -2.56. The van der Waals surface area contributed by atoms with Gasteiger partial charge in [-0.25, -0.2) is 0 Å². The number of hydrogen-bond acceptors (Lipinski definition) is 6. The fourth-order valence-corrected chi connectivity index (χ4v) is 9.83. The molecular formula is C31H46O6. The first-order valence-corrected chi connectivity index (χ1v) is 14.8. The summed E-state index contributed by atoms with van der Waals surface area (Å²) in [6.07, 6.45) is 9.78. The van der Waals surface area contributed by atoms with E-state index in [4.69, 9.17) is 14.2 Å². The van der Waals surface area contributed by atoms with Gasteiger partial charge in [0.1, 0.15) is 5.60 Å². The average Bonchev–Trinajstić information content (AvgIpc) is 3.50. The summed E-state index contributed by atoms with van der Waals surface area (Å²) in [4.78, 5) is 37.9. The second kappa shape index (κ2) is 9.50. The first kappa shape index (κ1) is 26.9. The molecule has 4 fully saturated rings. The van der Waals surface area contributed by atoms with Crippen LogP contribution in [0.3, 0.4) is 0 Å². The van der Waals surface area contributed by atoms with Crippen LogP contribution in [0.25, 0.3) is 0 Å². The third kappa shape index (κ3) is 3.94. The Morgan fingerprint density at radius 2 is 1.70 bits per heavy atom. The van der Waals surface area contributed by atoms with E-state index in [1.165, 1.54) is 12.0 Å². The minimum atomic E-state index is -0.852. The predicted molar refractivity (Wildman–Crippen MR) is 139 cm³/mol. The van der Waals surface area contributed by atoms with Crippen LogP contribution in [0.5, 0.6) is 0 Å². The molecule has 6 heteroatoms. The number of ether oxygens (including phenoxy) is 3. The van der Waals surface area contributed by atoms with Crippen LogP contribution in [0.2, 0.25) is 0 Å². The molecule has 0 aromatic rings. The number of ketones is 1. The van der Waals surface area contributed by atoms with Crippen LogP contribution in [0, 0.1) is 46.3 Å². The quantitative estimate of drug-likeness (QED) is 0.236. The lowest BCUT2D eigenvalue weighted by atomic mass is 9.44. The molecule has 0 aromatic heterocycles. The predicted octanol–water partition coefficient (Wildman–Crippen LogP) is 5.67. The number of esters is 2. The smallest absolute Gasteiger partial charge is 0.320 e. The van der Waals surface area contributed by atoms with E-state index in [9.17, 15) is 14.4 Å². The van der Waals surface area contributed by atoms with Gasteiger partial charge in [0.2, 0.25) is 0 Å². The van der Waals surface area contributed by atoms with Crippen LogP contribution in [0.1, 0.15) is 92.9 Å². The van der Waals surface area contributed by atoms with Gasteiger partial charge in [-0.3, -0.25) is 14.4 Å². The molecule has 0 radical (unpaired) electrons. The van der Waals surface area contributed by atoms with Crippen molar-refractivity contribution in [1.82, 2.24) is 0 Å². The molecule has 3 unspecified atom stereocenters. The number of carbonyl (C=O) groups is 3. The highest BCUT2D eigenvalue weighted by Gasteiger charge is 2.75. The first-order valence-electron chi connectivity index (χ1n) is 14.8. The summed E-state index contributed by atoms with van der Waals surface area (Å²) in [6, 6.07) is 0. The summed E-state index contributed by atoms with van der Waals surface area (Å²) in [5.41, 5.74) is 1.25. The van der Waals surface area contributed by atoms with E-state index in [1.54, 1.807) is 13.8 Å². The van der Waals surface area contributed by atoms with Crippen LogP contribution in [-0.2, 0) is 28.6 Å². The molecule has 1 aliphatic heterocycles. The van der Waals surface area contributed by atoms with Gasteiger partial charge in [0.25, 0.3) is 0 Å². The average molecular weight is 515 g/mol. The number of rotatable bonds is 8. The molecule has 0 amide bonds. The Labute approximate surface area is 222 Å².